The topological polar surface area (TPSA) is 67.5 Å². The Kier molecular flexibility index (Phi) is 6.27. The number of allylic oxidation sites excluding steroid dienone is 2. The number of alkyl halides is 3. The number of halogens is 4. The van der Waals surface area contributed by atoms with Gasteiger partial charge in [0.15, 0.2) is 0 Å². The molecule has 152 valence electrons. The number of para-hydroxylation sites is 1. The van der Waals surface area contributed by atoms with Gasteiger partial charge < -0.3 is 11.1 Å². The summed E-state index contributed by atoms with van der Waals surface area (Å²) < 4.78 is 38.8. The summed E-state index contributed by atoms with van der Waals surface area (Å²) in [5.74, 6) is -0.212. The molecule has 1 fully saturated rings. The van der Waals surface area contributed by atoms with Crippen molar-refractivity contribution in [1.82, 2.24) is 5.32 Å². The summed E-state index contributed by atoms with van der Waals surface area (Å²) in [6, 6.07) is 12.9. The lowest BCUT2D eigenvalue weighted by atomic mass is 9.93. The Bertz CT molecular complexity index is 948. The molecule has 8 heteroatoms. The van der Waals surface area contributed by atoms with Crippen LogP contribution in [-0.4, -0.2) is 23.8 Å². The number of nitrogens with zero attached hydrogens (tertiary/aromatic N) is 1. The molecule has 0 atom stereocenters. The first-order valence-electron chi connectivity index (χ1n) is 9.03. The Morgan fingerprint density at radius 3 is 2.28 bits per heavy atom. The number of benzene rings is 2. The maximum Gasteiger partial charge on any atom is 0.430 e. The standard InChI is InChI=1S/C21H19ClF3N3O/c22-16-6-1-2-7-17(16)28-18(12-19(26)21(23,24)25)13-8-10-14(11-9-13)20(29)27-15-4-3-5-15/h1-2,6-12,15H,3-5,26H2,(H,27,29). The lowest BCUT2D eigenvalue weighted by Crippen LogP contribution is -2.39. The van der Waals surface area contributed by atoms with Crippen molar-refractivity contribution in [1.29, 1.82) is 0 Å². The van der Waals surface area contributed by atoms with Gasteiger partial charge in [-0.05, 0) is 49.6 Å². The molecule has 3 N–H and O–H groups in total. The Morgan fingerprint density at radius 1 is 1.10 bits per heavy atom. The molecule has 0 radical (unpaired) electrons. The zero-order chi connectivity index (χ0) is 21.0. The zero-order valence-electron chi connectivity index (χ0n) is 15.3. The second-order valence-corrected chi connectivity index (χ2v) is 7.13. The quantitative estimate of drug-likeness (QED) is 0.656. The van der Waals surface area contributed by atoms with Crippen molar-refractivity contribution in [3.63, 3.8) is 0 Å². The number of amides is 1. The van der Waals surface area contributed by atoms with Gasteiger partial charge in [-0.25, -0.2) is 4.99 Å². The number of rotatable bonds is 5. The van der Waals surface area contributed by atoms with Crippen molar-refractivity contribution in [2.75, 3.05) is 0 Å². The van der Waals surface area contributed by atoms with E-state index in [1.165, 1.54) is 12.1 Å². The molecule has 0 bridgehead atoms. The molecule has 29 heavy (non-hydrogen) atoms. The molecule has 2 aromatic carbocycles. The minimum Gasteiger partial charge on any atom is -0.395 e. The molecule has 1 saturated carbocycles. The average Bonchev–Trinajstić information content (AvgIpc) is 2.65. The largest absolute Gasteiger partial charge is 0.430 e. The number of hydrogen-bond donors (Lipinski definition) is 2. The molecule has 2 aromatic rings. The molecule has 1 amide bonds. The molecule has 0 spiro atoms. The average molecular weight is 422 g/mol. The summed E-state index contributed by atoms with van der Waals surface area (Å²) in [6.45, 7) is 0. The number of hydrogen-bond acceptors (Lipinski definition) is 3. The molecule has 3 rings (SSSR count). The van der Waals surface area contributed by atoms with Crippen molar-refractivity contribution in [3.8, 4) is 0 Å². The number of carbonyl (C=O) groups is 1. The van der Waals surface area contributed by atoms with Crippen molar-refractivity contribution in [3.05, 3.63) is 76.5 Å². The van der Waals surface area contributed by atoms with Crippen LogP contribution < -0.4 is 11.1 Å². The van der Waals surface area contributed by atoms with Crippen LogP contribution in [0.4, 0.5) is 18.9 Å². The van der Waals surface area contributed by atoms with E-state index in [9.17, 15) is 18.0 Å². The summed E-state index contributed by atoms with van der Waals surface area (Å²) >= 11 is 6.08. The Morgan fingerprint density at radius 2 is 1.72 bits per heavy atom. The number of nitrogens with two attached hydrogens (primary N) is 1. The van der Waals surface area contributed by atoms with E-state index in [0.717, 1.165) is 25.3 Å². The Labute approximate surface area is 171 Å². The van der Waals surface area contributed by atoms with Gasteiger partial charge in [0.25, 0.3) is 5.91 Å². The molecular weight excluding hydrogens is 403 g/mol. The van der Waals surface area contributed by atoms with Crippen LogP contribution >= 0.6 is 11.6 Å². The first-order valence-corrected chi connectivity index (χ1v) is 9.41. The summed E-state index contributed by atoms with van der Waals surface area (Å²) in [6.07, 6.45) is -0.921. The summed E-state index contributed by atoms with van der Waals surface area (Å²) in [5, 5.41) is 3.21. The predicted molar refractivity (Wildman–Crippen MR) is 108 cm³/mol. The highest BCUT2D eigenvalue weighted by atomic mass is 35.5. The van der Waals surface area contributed by atoms with Crippen molar-refractivity contribution >= 4 is 28.9 Å². The molecule has 1 aliphatic carbocycles. The second-order valence-electron chi connectivity index (χ2n) is 6.72. The van der Waals surface area contributed by atoms with E-state index in [-0.39, 0.29) is 17.7 Å². The maximum atomic E-state index is 12.9. The van der Waals surface area contributed by atoms with E-state index >= 15 is 0 Å². The van der Waals surface area contributed by atoms with Crippen molar-refractivity contribution < 1.29 is 18.0 Å². The van der Waals surface area contributed by atoms with Crippen LogP contribution in [0.25, 0.3) is 0 Å². The van der Waals surface area contributed by atoms with Crippen LogP contribution in [0.5, 0.6) is 0 Å². The van der Waals surface area contributed by atoms with Gasteiger partial charge in [-0.15, -0.1) is 0 Å². The molecule has 0 saturated heterocycles. The molecule has 0 heterocycles. The third-order valence-electron chi connectivity index (χ3n) is 4.60. The molecule has 1 aliphatic rings. The van der Waals surface area contributed by atoms with Crippen LogP contribution in [0.1, 0.15) is 35.2 Å². The van der Waals surface area contributed by atoms with Gasteiger partial charge in [0.2, 0.25) is 0 Å². The monoisotopic (exact) mass is 421 g/mol. The maximum absolute atomic E-state index is 12.9. The van der Waals surface area contributed by atoms with Gasteiger partial charge in [-0.2, -0.15) is 13.2 Å². The number of carbonyl (C=O) groups excluding carboxylic acids is 1. The number of nitrogens with one attached hydrogen (secondary N) is 1. The minimum absolute atomic E-state index is 0.0149. The Hall–Kier alpha value is -2.80. The summed E-state index contributed by atoms with van der Waals surface area (Å²) in [4.78, 5) is 16.5. The van der Waals surface area contributed by atoms with Gasteiger partial charge in [-0.1, -0.05) is 35.9 Å². The molecule has 4 nitrogen and oxygen atoms in total. The van der Waals surface area contributed by atoms with Gasteiger partial charge in [-0.3, -0.25) is 4.79 Å². The van der Waals surface area contributed by atoms with Crippen LogP contribution in [0.2, 0.25) is 5.02 Å². The lowest BCUT2D eigenvalue weighted by molar-refractivity contribution is -0.0925. The van der Waals surface area contributed by atoms with E-state index < -0.39 is 11.9 Å². The zero-order valence-corrected chi connectivity index (χ0v) is 16.1. The van der Waals surface area contributed by atoms with Gasteiger partial charge in [0.1, 0.15) is 5.70 Å². The van der Waals surface area contributed by atoms with Crippen LogP contribution in [0.15, 0.2) is 65.3 Å². The fraction of sp³-hybridized carbons (Fsp3) is 0.238. The van der Waals surface area contributed by atoms with Crippen molar-refractivity contribution in [2.45, 2.75) is 31.5 Å². The third-order valence-corrected chi connectivity index (χ3v) is 4.92. The highest BCUT2D eigenvalue weighted by Gasteiger charge is 2.31. The highest BCUT2D eigenvalue weighted by molar-refractivity contribution is 6.33. The van der Waals surface area contributed by atoms with Crippen LogP contribution in [0.3, 0.4) is 0 Å². The van der Waals surface area contributed by atoms with Crippen molar-refractivity contribution in [2.24, 2.45) is 10.7 Å². The molecule has 0 unspecified atom stereocenters. The predicted octanol–water partition coefficient (Wildman–Crippen LogP) is 5.15. The second kappa shape index (κ2) is 8.69. The third kappa shape index (κ3) is 5.38. The van der Waals surface area contributed by atoms with E-state index in [1.807, 2.05) is 0 Å². The SMILES string of the molecule is NC(=CC(=Nc1ccccc1Cl)c1ccc(C(=O)NC2CCC2)cc1)C(F)(F)F. The lowest BCUT2D eigenvalue weighted by Gasteiger charge is -2.26. The fourth-order valence-corrected chi connectivity index (χ4v) is 2.87. The van der Waals surface area contributed by atoms with Gasteiger partial charge >= 0.3 is 6.18 Å². The smallest absolute Gasteiger partial charge is 0.395 e. The molecule has 0 aliphatic heterocycles. The first-order chi connectivity index (χ1) is 13.7. The van der Waals surface area contributed by atoms with Crippen LogP contribution in [0, 0.1) is 0 Å². The summed E-state index contributed by atoms with van der Waals surface area (Å²) in [7, 11) is 0. The van der Waals surface area contributed by atoms with Gasteiger partial charge in [0, 0.05) is 17.2 Å². The minimum atomic E-state index is -4.69. The fourth-order valence-electron chi connectivity index (χ4n) is 2.70. The highest BCUT2D eigenvalue weighted by Crippen LogP contribution is 2.27. The Balaban J connectivity index is 1.93. The van der Waals surface area contributed by atoms with E-state index in [4.69, 9.17) is 17.3 Å². The first kappa shape index (κ1) is 20.9. The van der Waals surface area contributed by atoms with Gasteiger partial charge in [0.05, 0.1) is 16.4 Å². The van der Waals surface area contributed by atoms with E-state index in [0.29, 0.717) is 21.8 Å². The normalized spacial score (nSPS) is 15.7. The summed E-state index contributed by atoms with van der Waals surface area (Å²) in [5.41, 5.74) is 5.00. The van der Waals surface area contributed by atoms with Crippen LogP contribution in [-0.2, 0) is 0 Å². The molecule has 0 aromatic heterocycles. The number of aliphatic imine (C=N–C) groups is 1. The van der Waals surface area contributed by atoms with E-state index in [2.05, 4.69) is 10.3 Å². The van der Waals surface area contributed by atoms with E-state index in [1.54, 1.807) is 36.4 Å². The molecular formula is C21H19ClF3N3O.